The minimum atomic E-state index is 0.0374. The van der Waals surface area contributed by atoms with Crippen molar-refractivity contribution in [3.8, 4) is 11.5 Å². The van der Waals surface area contributed by atoms with Gasteiger partial charge in [-0.3, -0.25) is 4.79 Å². The highest BCUT2D eigenvalue weighted by molar-refractivity contribution is 5.76. The summed E-state index contributed by atoms with van der Waals surface area (Å²) in [6.45, 7) is 1.41. The molecule has 21 heavy (non-hydrogen) atoms. The van der Waals surface area contributed by atoms with Crippen molar-refractivity contribution in [3.05, 3.63) is 23.8 Å². The molecule has 116 valence electrons. The Morgan fingerprint density at radius 2 is 2.24 bits per heavy atom. The van der Waals surface area contributed by atoms with Gasteiger partial charge in [-0.05, 0) is 43.0 Å². The molecule has 1 aliphatic rings. The fourth-order valence-electron chi connectivity index (χ4n) is 2.45. The predicted molar refractivity (Wildman–Crippen MR) is 79.9 cm³/mol. The number of rotatable bonds is 7. The summed E-state index contributed by atoms with van der Waals surface area (Å²) in [5.74, 6) is 1.59. The lowest BCUT2D eigenvalue weighted by Gasteiger charge is -2.12. The highest BCUT2D eigenvalue weighted by Crippen LogP contribution is 2.25. The maximum Gasteiger partial charge on any atom is 0.220 e. The number of hydrogen-bond acceptors (Lipinski definition) is 4. The Labute approximate surface area is 125 Å². The van der Waals surface area contributed by atoms with Crippen LogP contribution in [-0.4, -0.2) is 39.4 Å². The number of ether oxygens (including phenoxy) is 3. The van der Waals surface area contributed by atoms with Gasteiger partial charge in [0.1, 0.15) is 11.5 Å². The first-order valence-corrected chi connectivity index (χ1v) is 7.32. The van der Waals surface area contributed by atoms with Crippen molar-refractivity contribution in [2.45, 2.75) is 31.8 Å². The first kappa shape index (κ1) is 15.6. The van der Waals surface area contributed by atoms with Gasteiger partial charge >= 0.3 is 0 Å². The molecule has 0 spiro atoms. The molecule has 0 aromatic heterocycles. The normalized spacial score (nSPS) is 17.5. The second kappa shape index (κ2) is 7.88. The average Bonchev–Trinajstić information content (AvgIpc) is 3.04. The zero-order valence-electron chi connectivity index (χ0n) is 12.7. The van der Waals surface area contributed by atoms with Crippen LogP contribution in [-0.2, 0) is 16.0 Å². The van der Waals surface area contributed by atoms with Gasteiger partial charge in [0.2, 0.25) is 5.91 Å². The molecule has 2 rings (SSSR count). The van der Waals surface area contributed by atoms with Crippen molar-refractivity contribution < 1.29 is 19.0 Å². The number of carbonyl (C=O) groups is 1. The molecule has 1 aromatic carbocycles. The molecule has 1 unspecified atom stereocenters. The smallest absolute Gasteiger partial charge is 0.220 e. The van der Waals surface area contributed by atoms with Crippen molar-refractivity contribution >= 4 is 5.91 Å². The Balaban J connectivity index is 1.82. The van der Waals surface area contributed by atoms with Crippen LogP contribution in [0.3, 0.4) is 0 Å². The molecule has 1 aromatic rings. The van der Waals surface area contributed by atoms with Crippen LogP contribution in [0.25, 0.3) is 0 Å². The van der Waals surface area contributed by atoms with Crippen LogP contribution in [0.2, 0.25) is 0 Å². The van der Waals surface area contributed by atoms with Crippen LogP contribution in [0, 0.1) is 0 Å². The van der Waals surface area contributed by atoms with Gasteiger partial charge in [-0.25, -0.2) is 0 Å². The van der Waals surface area contributed by atoms with Crippen molar-refractivity contribution in [2.75, 3.05) is 27.4 Å². The molecule has 1 N–H and O–H groups in total. The highest BCUT2D eigenvalue weighted by Gasteiger charge is 2.16. The minimum absolute atomic E-state index is 0.0374. The summed E-state index contributed by atoms with van der Waals surface area (Å²) in [6, 6.07) is 5.62. The molecule has 0 aliphatic carbocycles. The first-order valence-electron chi connectivity index (χ1n) is 7.32. The quantitative estimate of drug-likeness (QED) is 0.834. The van der Waals surface area contributed by atoms with Crippen LogP contribution in [0.5, 0.6) is 11.5 Å². The van der Waals surface area contributed by atoms with Crippen molar-refractivity contribution in [2.24, 2.45) is 0 Å². The maximum absolute atomic E-state index is 11.9. The molecule has 1 atom stereocenters. The summed E-state index contributed by atoms with van der Waals surface area (Å²) < 4.78 is 16.0. The molecule has 1 saturated heterocycles. The van der Waals surface area contributed by atoms with Crippen LogP contribution < -0.4 is 14.8 Å². The fraction of sp³-hybridized carbons (Fsp3) is 0.562. The van der Waals surface area contributed by atoms with Gasteiger partial charge in [-0.15, -0.1) is 0 Å². The molecule has 5 heteroatoms. The molecule has 1 amide bonds. The van der Waals surface area contributed by atoms with Crippen LogP contribution in [0.1, 0.15) is 24.8 Å². The monoisotopic (exact) mass is 293 g/mol. The van der Waals surface area contributed by atoms with Gasteiger partial charge in [-0.1, -0.05) is 0 Å². The van der Waals surface area contributed by atoms with E-state index in [1.54, 1.807) is 14.2 Å². The van der Waals surface area contributed by atoms with Gasteiger partial charge < -0.3 is 19.5 Å². The van der Waals surface area contributed by atoms with Gasteiger partial charge in [0.15, 0.2) is 0 Å². The van der Waals surface area contributed by atoms with Crippen LogP contribution >= 0.6 is 0 Å². The predicted octanol–water partition coefficient (Wildman–Crippen LogP) is 1.93. The molecule has 1 fully saturated rings. The topological polar surface area (TPSA) is 56.8 Å². The summed E-state index contributed by atoms with van der Waals surface area (Å²) in [5.41, 5.74) is 0.976. The Kier molecular flexibility index (Phi) is 5.87. The Hall–Kier alpha value is -1.75. The van der Waals surface area contributed by atoms with E-state index in [1.807, 2.05) is 18.2 Å². The number of carbonyl (C=O) groups excluding carboxylic acids is 1. The number of aryl methyl sites for hydroxylation is 1. The molecule has 0 radical (unpaired) electrons. The number of hydrogen-bond donors (Lipinski definition) is 1. The van der Waals surface area contributed by atoms with Crippen molar-refractivity contribution in [3.63, 3.8) is 0 Å². The van der Waals surface area contributed by atoms with Gasteiger partial charge in [-0.2, -0.15) is 0 Å². The molecular formula is C16H23NO4. The standard InChI is InChI=1S/C16H23NO4/c1-19-13-6-7-15(20-2)12(10-13)5-8-16(18)17-11-14-4-3-9-21-14/h6-7,10,14H,3-5,8-9,11H2,1-2H3,(H,17,18). The second-order valence-corrected chi connectivity index (χ2v) is 5.12. The Bertz CT molecular complexity index is 469. The van der Waals surface area contributed by atoms with E-state index in [9.17, 15) is 4.79 Å². The molecule has 0 bridgehead atoms. The van der Waals surface area contributed by atoms with E-state index in [0.717, 1.165) is 36.5 Å². The van der Waals surface area contributed by atoms with E-state index >= 15 is 0 Å². The summed E-state index contributed by atoms with van der Waals surface area (Å²) in [5, 5.41) is 2.92. The summed E-state index contributed by atoms with van der Waals surface area (Å²) in [7, 11) is 3.25. The Morgan fingerprint density at radius 3 is 2.90 bits per heavy atom. The zero-order chi connectivity index (χ0) is 15.1. The molecule has 0 saturated carbocycles. The number of amides is 1. The van der Waals surface area contributed by atoms with Gasteiger partial charge in [0.25, 0.3) is 0 Å². The number of methoxy groups -OCH3 is 2. The highest BCUT2D eigenvalue weighted by atomic mass is 16.5. The Morgan fingerprint density at radius 1 is 1.38 bits per heavy atom. The molecule has 1 heterocycles. The van der Waals surface area contributed by atoms with E-state index in [-0.39, 0.29) is 12.0 Å². The van der Waals surface area contributed by atoms with Gasteiger partial charge in [0, 0.05) is 19.6 Å². The van der Waals surface area contributed by atoms with E-state index in [4.69, 9.17) is 14.2 Å². The van der Waals surface area contributed by atoms with Crippen LogP contribution in [0.4, 0.5) is 0 Å². The molecular weight excluding hydrogens is 270 g/mol. The third-order valence-corrected chi connectivity index (χ3v) is 3.66. The second-order valence-electron chi connectivity index (χ2n) is 5.12. The largest absolute Gasteiger partial charge is 0.497 e. The summed E-state index contributed by atoms with van der Waals surface area (Å²) in [4.78, 5) is 11.9. The minimum Gasteiger partial charge on any atom is -0.497 e. The maximum atomic E-state index is 11.9. The van der Waals surface area contributed by atoms with E-state index in [2.05, 4.69) is 5.32 Å². The third kappa shape index (κ3) is 4.63. The van der Waals surface area contributed by atoms with E-state index in [0.29, 0.717) is 19.4 Å². The number of benzene rings is 1. The van der Waals surface area contributed by atoms with Crippen LogP contribution in [0.15, 0.2) is 18.2 Å². The van der Waals surface area contributed by atoms with E-state index < -0.39 is 0 Å². The zero-order valence-corrected chi connectivity index (χ0v) is 12.7. The lowest BCUT2D eigenvalue weighted by atomic mass is 10.1. The average molecular weight is 293 g/mol. The molecule has 5 nitrogen and oxygen atoms in total. The number of nitrogens with one attached hydrogen (secondary N) is 1. The SMILES string of the molecule is COc1ccc(OC)c(CCC(=O)NCC2CCCO2)c1. The third-order valence-electron chi connectivity index (χ3n) is 3.66. The molecule has 1 aliphatic heterocycles. The van der Waals surface area contributed by atoms with Gasteiger partial charge in [0.05, 0.1) is 20.3 Å². The van der Waals surface area contributed by atoms with Crippen molar-refractivity contribution in [1.82, 2.24) is 5.32 Å². The lowest BCUT2D eigenvalue weighted by molar-refractivity contribution is -0.121. The first-order chi connectivity index (χ1) is 10.2. The summed E-state index contributed by atoms with van der Waals surface area (Å²) >= 11 is 0. The van der Waals surface area contributed by atoms with E-state index in [1.165, 1.54) is 0 Å². The fourth-order valence-corrected chi connectivity index (χ4v) is 2.45. The lowest BCUT2D eigenvalue weighted by Crippen LogP contribution is -2.31. The van der Waals surface area contributed by atoms with Crippen molar-refractivity contribution in [1.29, 1.82) is 0 Å². The summed E-state index contributed by atoms with van der Waals surface area (Å²) in [6.07, 6.45) is 3.35.